The third-order valence-corrected chi connectivity index (χ3v) is 2.74. The van der Waals surface area contributed by atoms with Gasteiger partial charge < -0.3 is 10.6 Å². The van der Waals surface area contributed by atoms with Crippen LogP contribution in [0.5, 0.6) is 0 Å². The van der Waals surface area contributed by atoms with Crippen LogP contribution in [0.1, 0.15) is 18.4 Å². The lowest BCUT2D eigenvalue weighted by atomic mass is 10.1. The second kappa shape index (κ2) is 10.6. The largest absolute Gasteiger partial charge is 0.366 e. The van der Waals surface area contributed by atoms with E-state index in [1.54, 1.807) is 0 Å². The Balaban J connectivity index is 0.000000356. The van der Waals surface area contributed by atoms with E-state index in [1.165, 1.54) is 5.56 Å². The van der Waals surface area contributed by atoms with Gasteiger partial charge in [0.2, 0.25) is 5.91 Å². The number of hydrogen-bond donors (Lipinski definition) is 1. The van der Waals surface area contributed by atoms with E-state index in [4.69, 9.17) is 17.3 Å². The lowest BCUT2D eigenvalue weighted by Crippen LogP contribution is -2.16. The van der Waals surface area contributed by atoms with E-state index < -0.39 is 0 Å². The fourth-order valence-electron chi connectivity index (χ4n) is 1.30. The Morgan fingerprint density at radius 2 is 1.89 bits per heavy atom. The van der Waals surface area contributed by atoms with Crippen LogP contribution in [-0.2, 0) is 10.7 Å². The molecular formula is C15H23ClN2O. The van der Waals surface area contributed by atoms with Crippen LogP contribution in [0.4, 0.5) is 0 Å². The quantitative estimate of drug-likeness (QED) is 0.644. The van der Waals surface area contributed by atoms with Crippen LogP contribution in [0.3, 0.4) is 0 Å². The standard InChI is InChI=1S/C8H16N2O.C7H7Cl/c1-7(8(9)11)5-4-6-10(2)3;8-6-7-4-2-1-3-5-7/h1,4-6H2,2-3H3,(H2,9,11);1-5H,6H2. The van der Waals surface area contributed by atoms with Gasteiger partial charge >= 0.3 is 0 Å². The first-order valence-electron chi connectivity index (χ1n) is 6.19. The van der Waals surface area contributed by atoms with Gasteiger partial charge in [0.15, 0.2) is 0 Å². The van der Waals surface area contributed by atoms with Crippen LogP contribution in [0.25, 0.3) is 0 Å². The molecule has 106 valence electrons. The number of nitrogens with two attached hydrogens (primary N) is 1. The number of alkyl halides is 1. The maximum atomic E-state index is 10.5. The average molecular weight is 283 g/mol. The normalized spacial score (nSPS) is 9.68. The molecule has 0 aromatic heterocycles. The number of carbonyl (C=O) groups is 1. The van der Waals surface area contributed by atoms with E-state index in [9.17, 15) is 4.79 Å². The van der Waals surface area contributed by atoms with Gasteiger partial charge in [0, 0.05) is 11.5 Å². The topological polar surface area (TPSA) is 46.3 Å². The van der Waals surface area contributed by atoms with E-state index in [2.05, 4.69) is 11.5 Å². The molecule has 0 aliphatic carbocycles. The number of nitrogens with zero attached hydrogens (tertiary/aromatic N) is 1. The minimum Gasteiger partial charge on any atom is -0.366 e. The van der Waals surface area contributed by atoms with Crippen LogP contribution in [-0.4, -0.2) is 31.4 Å². The van der Waals surface area contributed by atoms with Gasteiger partial charge in [-0.25, -0.2) is 0 Å². The molecule has 0 heterocycles. The number of rotatable bonds is 6. The van der Waals surface area contributed by atoms with Gasteiger partial charge in [0.25, 0.3) is 0 Å². The predicted octanol–water partition coefficient (Wildman–Crippen LogP) is 2.80. The summed E-state index contributed by atoms with van der Waals surface area (Å²) in [7, 11) is 3.99. The van der Waals surface area contributed by atoms with Gasteiger partial charge in [-0.15, -0.1) is 11.6 Å². The average Bonchev–Trinajstić information content (AvgIpc) is 2.39. The molecule has 1 amide bonds. The smallest absolute Gasteiger partial charge is 0.244 e. The van der Waals surface area contributed by atoms with Crippen molar-refractivity contribution in [1.29, 1.82) is 0 Å². The van der Waals surface area contributed by atoms with Crippen molar-refractivity contribution >= 4 is 17.5 Å². The molecule has 1 aromatic carbocycles. The van der Waals surface area contributed by atoms with E-state index in [0.717, 1.165) is 13.0 Å². The molecule has 1 aromatic rings. The van der Waals surface area contributed by atoms with Gasteiger partial charge in [-0.05, 0) is 39.0 Å². The third kappa shape index (κ3) is 10.3. The first-order chi connectivity index (χ1) is 8.97. The molecule has 0 spiro atoms. The Hall–Kier alpha value is -1.32. The van der Waals surface area contributed by atoms with Gasteiger partial charge in [-0.2, -0.15) is 0 Å². The van der Waals surface area contributed by atoms with Crippen molar-refractivity contribution in [2.24, 2.45) is 5.73 Å². The number of benzene rings is 1. The highest BCUT2D eigenvalue weighted by molar-refractivity contribution is 6.17. The molecule has 0 saturated carbocycles. The van der Waals surface area contributed by atoms with Crippen LogP contribution in [0.2, 0.25) is 0 Å². The van der Waals surface area contributed by atoms with Gasteiger partial charge in [-0.3, -0.25) is 4.79 Å². The monoisotopic (exact) mass is 282 g/mol. The van der Waals surface area contributed by atoms with E-state index in [0.29, 0.717) is 17.9 Å². The van der Waals surface area contributed by atoms with Gasteiger partial charge in [0.1, 0.15) is 0 Å². The van der Waals surface area contributed by atoms with E-state index in [-0.39, 0.29) is 5.91 Å². The first-order valence-corrected chi connectivity index (χ1v) is 6.73. The molecule has 0 bridgehead atoms. The molecule has 0 aliphatic heterocycles. The summed E-state index contributed by atoms with van der Waals surface area (Å²) < 4.78 is 0. The number of halogens is 1. The number of primary amides is 1. The Labute approximate surface area is 121 Å². The number of amides is 1. The summed E-state index contributed by atoms with van der Waals surface area (Å²) in [6.07, 6.45) is 1.64. The zero-order valence-electron chi connectivity index (χ0n) is 11.7. The molecular weight excluding hydrogens is 260 g/mol. The fourth-order valence-corrected chi connectivity index (χ4v) is 1.48. The minimum absolute atomic E-state index is 0.385. The maximum absolute atomic E-state index is 10.5. The zero-order chi connectivity index (χ0) is 14.7. The lowest BCUT2D eigenvalue weighted by Gasteiger charge is -2.08. The predicted molar refractivity (Wildman–Crippen MR) is 82.1 cm³/mol. The van der Waals surface area contributed by atoms with Crippen molar-refractivity contribution in [3.8, 4) is 0 Å². The molecule has 4 heteroatoms. The van der Waals surface area contributed by atoms with Crippen LogP contribution >= 0.6 is 11.6 Å². The third-order valence-electron chi connectivity index (χ3n) is 2.43. The summed E-state index contributed by atoms with van der Waals surface area (Å²) in [5.41, 5.74) is 6.70. The molecule has 19 heavy (non-hydrogen) atoms. The molecule has 3 nitrogen and oxygen atoms in total. The Morgan fingerprint density at radius 1 is 1.32 bits per heavy atom. The molecule has 0 radical (unpaired) electrons. The van der Waals surface area contributed by atoms with Crippen molar-refractivity contribution in [1.82, 2.24) is 4.90 Å². The summed E-state index contributed by atoms with van der Waals surface area (Å²) in [6, 6.07) is 9.96. The van der Waals surface area contributed by atoms with E-state index >= 15 is 0 Å². The fraction of sp³-hybridized carbons (Fsp3) is 0.400. The van der Waals surface area contributed by atoms with Crippen molar-refractivity contribution in [3.63, 3.8) is 0 Å². The Kier molecular flexibility index (Phi) is 9.85. The van der Waals surface area contributed by atoms with Crippen molar-refractivity contribution in [2.75, 3.05) is 20.6 Å². The SMILES string of the molecule is C=C(CCCN(C)C)C(N)=O.ClCc1ccccc1. The van der Waals surface area contributed by atoms with Crippen LogP contribution in [0.15, 0.2) is 42.5 Å². The molecule has 2 N–H and O–H groups in total. The Morgan fingerprint density at radius 3 is 2.26 bits per heavy atom. The highest BCUT2D eigenvalue weighted by Crippen LogP contribution is 2.01. The second-order valence-electron chi connectivity index (χ2n) is 4.49. The van der Waals surface area contributed by atoms with E-state index in [1.807, 2.05) is 44.4 Å². The summed E-state index contributed by atoms with van der Waals surface area (Å²) in [4.78, 5) is 12.5. The van der Waals surface area contributed by atoms with Crippen molar-refractivity contribution in [2.45, 2.75) is 18.7 Å². The van der Waals surface area contributed by atoms with Gasteiger partial charge in [0.05, 0.1) is 0 Å². The van der Waals surface area contributed by atoms with Crippen LogP contribution < -0.4 is 5.73 Å². The Bertz CT molecular complexity index is 377. The van der Waals surface area contributed by atoms with Crippen molar-refractivity contribution < 1.29 is 4.79 Å². The van der Waals surface area contributed by atoms with Crippen molar-refractivity contribution in [3.05, 3.63) is 48.0 Å². The molecule has 0 saturated heterocycles. The highest BCUT2D eigenvalue weighted by atomic mass is 35.5. The molecule has 0 aliphatic rings. The number of hydrogen-bond acceptors (Lipinski definition) is 2. The zero-order valence-corrected chi connectivity index (χ0v) is 12.5. The summed E-state index contributed by atoms with van der Waals surface area (Å²) >= 11 is 5.53. The summed E-state index contributed by atoms with van der Waals surface area (Å²) in [6.45, 7) is 4.52. The molecule has 0 atom stereocenters. The summed E-state index contributed by atoms with van der Waals surface area (Å²) in [5.74, 6) is 0.227. The molecule has 0 fully saturated rings. The first kappa shape index (κ1) is 17.7. The summed E-state index contributed by atoms with van der Waals surface area (Å²) in [5, 5.41) is 0. The number of carbonyl (C=O) groups excluding carboxylic acids is 1. The highest BCUT2D eigenvalue weighted by Gasteiger charge is 2.00. The molecule has 1 rings (SSSR count). The van der Waals surface area contributed by atoms with Crippen LogP contribution in [0, 0.1) is 0 Å². The van der Waals surface area contributed by atoms with Gasteiger partial charge in [-0.1, -0.05) is 36.9 Å². The minimum atomic E-state index is -0.385. The lowest BCUT2D eigenvalue weighted by molar-refractivity contribution is -0.114. The second-order valence-corrected chi connectivity index (χ2v) is 4.76. The molecule has 0 unspecified atom stereocenters. The maximum Gasteiger partial charge on any atom is 0.244 e.